The maximum atomic E-state index is 10.8. The number of carbonyl (C=O) groups is 1. The highest BCUT2D eigenvalue weighted by molar-refractivity contribution is 5.73. The predicted octanol–water partition coefficient (Wildman–Crippen LogP) is 1.63. The van der Waals surface area contributed by atoms with Gasteiger partial charge in [0.25, 0.3) is 0 Å². The molecule has 0 saturated heterocycles. The molecule has 1 rings (SSSR count). The first-order valence-corrected chi connectivity index (χ1v) is 5.11. The topological polar surface area (TPSA) is 72.5 Å². The van der Waals surface area contributed by atoms with Crippen molar-refractivity contribution >= 4 is 5.97 Å². The number of hydrogen-bond donors (Lipinski definition) is 2. The Kier molecular flexibility index (Phi) is 3.90. The van der Waals surface area contributed by atoms with Crippen LogP contribution < -0.4 is 10.5 Å². The second kappa shape index (κ2) is 4.99. The van der Waals surface area contributed by atoms with Gasteiger partial charge in [0.05, 0.1) is 5.41 Å². The van der Waals surface area contributed by atoms with Crippen molar-refractivity contribution in [3.8, 4) is 5.75 Å². The summed E-state index contributed by atoms with van der Waals surface area (Å²) in [6, 6.07) is 7.31. The average molecular weight is 223 g/mol. The zero-order valence-electron chi connectivity index (χ0n) is 9.56. The molecule has 0 spiro atoms. The van der Waals surface area contributed by atoms with Crippen LogP contribution in [0.1, 0.15) is 19.4 Å². The predicted molar refractivity (Wildman–Crippen MR) is 61.2 cm³/mol. The van der Waals surface area contributed by atoms with Crippen LogP contribution >= 0.6 is 0 Å². The first kappa shape index (κ1) is 12.5. The lowest BCUT2D eigenvalue weighted by Crippen LogP contribution is -2.30. The Morgan fingerprint density at radius 2 is 1.94 bits per heavy atom. The molecule has 0 fully saturated rings. The van der Waals surface area contributed by atoms with E-state index in [1.807, 2.05) is 12.1 Å². The van der Waals surface area contributed by atoms with Gasteiger partial charge in [0.2, 0.25) is 0 Å². The lowest BCUT2D eigenvalue weighted by Gasteiger charge is -2.19. The van der Waals surface area contributed by atoms with Crippen LogP contribution in [-0.4, -0.2) is 17.7 Å². The van der Waals surface area contributed by atoms with Gasteiger partial charge in [-0.1, -0.05) is 12.1 Å². The summed E-state index contributed by atoms with van der Waals surface area (Å²) in [6.45, 7) is 3.89. The van der Waals surface area contributed by atoms with E-state index in [1.165, 1.54) is 0 Å². The molecule has 1 aromatic rings. The number of benzene rings is 1. The van der Waals surface area contributed by atoms with Gasteiger partial charge in [0, 0.05) is 6.54 Å². The number of ether oxygens (including phenoxy) is 1. The molecular formula is C12H17NO3. The maximum Gasteiger partial charge on any atom is 0.312 e. The van der Waals surface area contributed by atoms with E-state index >= 15 is 0 Å². The lowest BCUT2D eigenvalue weighted by atomic mass is 9.95. The summed E-state index contributed by atoms with van der Waals surface area (Å²) in [7, 11) is 0. The van der Waals surface area contributed by atoms with Crippen LogP contribution in [0.3, 0.4) is 0 Å². The van der Waals surface area contributed by atoms with Crippen molar-refractivity contribution in [1.29, 1.82) is 0 Å². The first-order valence-electron chi connectivity index (χ1n) is 5.11. The second-order valence-corrected chi connectivity index (χ2v) is 4.33. The van der Waals surface area contributed by atoms with Crippen molar-refractivity contribution in [3.05, 3.63) is 29.8 Å². The van der Waals surface area contributed by atoms with Crippen LogP contribution in [0.4, 0.5) is 0 Å². The lowest BCUT2D eigenvalue weighted by molar-refractivity contribution is -0.148. The van der Waals surface area contributed by atoms with Gasteiger partial charge in [-0.25, -0.2) is 0 Å². The van der Waals surface area contributed by atoms with Crippen LogP contribution in [0.15, 0.2) is 24.3 Å². The summed E-state index contributed by atoms with van der Waals surface area (Å²) >= 11 is 0. The molecule has 0 atom stereocenters. The number of rotatable bonds is 5. The Bertz CT molecular complexity index is 357. The van der Waals surface area contributed by atoms with E-state index < -0.39 is 11.4 Å². The maximum absolute atomic E-state index is 10.8. The fourth-order valence-electron chi connectivity index (χ4n) is 1.05. The normalized spacial score (nSPS) is 11.2. The summed E-state index contributed by atoms with van der Waals surface area (Å²) in [4.78, 5) is 10.8. The van der Waals surface area contributed by atoms with Crippen LogP contribution in [0.25, 0.3) is 0 Å². The molecule has 3 N–H and O–H groups in total. The zero-order chi connectivity index (χ0) is 12.2. The summed E-state index contributed by atoms with van der Waals surface area (Å²) in [6.07, 6.45) is 0. The van der Waals surface area contributed by atoms with Crippen molar-refractivity contribution in [1.82, 2.24) is 0 Å². The van der Waals surface area contributed by atoms with Gasteiger partial charge in [0.15, 0.2) is 0 Å². The van der Waals surface area contributed by atoms with Crippen LogP contribution in [-0.2, 0) is 11.3 Å². The smallest absolute Gasteiger partial charge is 0.312 e. The summed E-state index contributed by atoms with van der Waals surface area (Å²) < 4.78 is 5.41. The fourth-order valence-corrected chi connectivity index (χ4v) is 1.05. The summed E-state index contributed by atoms with van der Waals surface area (Å²) in [5.41, 5.74) is 5.60. The number of carboxylic acid groups (broad SMARTS) is 1. The molecule has 0 heterocycles. The van der Waals surface area contributed by atoms with E-state index in [-0.39, 0.29) is 6.61 Å². The van der Waals surface area contributed by atoms with Crippen molar-refractivity contribution in [2.45, 2.75) is 20.4 Å². The summed E-state index contributed by atoms with van der Waals surface area (Å²) in [5.74, 6) is -0.211. The highest BCUT2D eigenvalue weighted by atomic mass is 16.5. The minimum atomic E-state index is -0.882. The van der Waals surface area contributed by atoms with Crippen LogP contribution in [0.2, 0.25) is 0 Å². The van der Waals surface area contributed by atoms with E-state index in [1.54, 1.807) is 26.0 Å². The average Bonchev–Trinajstić information content (AvgIpc) is 2.27. The number of carboxylic acids is 1. The first-order chi connectivity index (χ1) is 7.45. The van der Waals surface area contributed by atoms with Crippen molar-refractivity contribution < 1.29 is 14.6 Å². The van der Waals surface area contributed by atoms with E-state index in [9.17, 15) is 4.79 Å². The molecule has 4 heteroatoms. The van der Waals surface area contributed by atoms with Gasteiger partial charge < -0.3 is 15.6 Å². The molecule has 1 aromatic carbocycles. The fraction of sp³-hybridized carbons (Fsp3) is 0.417. The van der Waals surface area contributed by atoms with Gasteiger partial charge in [-0.2, -0.15) is 0 Å². The van der Waals surface area contributed by atoms with Gasteiger partial charge >= 0.3 is 5.97 Å². The van der Waals surface area contributed by atoms with Gasteiger partial charge in [-0.05, 0) is 31.5 Å². The minimum Gasteiger partial charge on any atom is -0.492 e. The molecule has 0 bridgehead atoms. The third kappa shape index (κ3) is 3.24. The highest BCUT2D eigenvalue weighted by Crippen LogP contribution is 2.19. The van der Waals surface area contributed by atoms with Crippen molar-refractivity contribution in [2.75, 3.05) is 6.61 Å². The molecule has 0 aliphatic heterocycles. The number of nitrogens with two attached hydrogens (primary N) is 1. The number of hydrogen-bond acceptors (Lipinski definition) is 3. The zero-order valence-corrected chi connectivity index (χ0v) is 9.56. The Hall–Kier alpha value is -1.55. The number of aliphatic carboxylic acids is 1. The van der Waals surface area contributed by atoms with Gasteiger partial charge in [-0.15, -0.1) is 0 Å². The molecule has 0 aliphatic rings. The molecule has 4 nitrogen and oxygen atoms in total. The van der Waals surface area contributed by atoms with E-state index in [4.69, 9.17) is 15.6 Å². The molecular weight excluding hydrogens is 206 g/mol. The van der Waals surface area contributed by atoms with Gasteiger partial charge in [0.1, 0.15) is 12.4 Å². The van der Waals surface area contributed by atoms with E-state index in [0.29, 0.717) is 12.3 Å². The second-order valence-electron chi connectivity index (χ2n) is 4.33. The highest BCUT2D eigenvalue weighted by Gasteiger charge is 2.28. The van der Waals surface area contributed by atoms with E-state index in [2.05, 4.69) is 0 Å². The Morgan fingerprint density at radius 3 is 2.38 bits per heavy atom. The minimum absolute atomic E-state index is 0.143. The summed E-state index contributed by atoms with van der Waals surface area (Å²) in [5, 5.41) is 8.90. The quantitative estimate of drug-likeness (QED) is 0.795. The Labute approximate surface area is 95.0 Å². The SMILES string of the molecule is CC(C)(COc1ccc(CN)cc1)C(=O)O. The Balaban J connectivity index is 2.58. The van der Waals surface area contributed by atoms with E-state index in [0.717, 1.165) is 5.56 Å². The third-order valence-electron chi connectivity index (χ3n) is 2.34. The molecule has 88 valence electrons. The van der Waals surface area contributed by atoms with Crippen molar-refractivity contribution in [3.63, 3.8) is 0 Å². The standard InChI is InChI=1S/C12H17NO3/c1-12(2,11(14)15)8-16-10-5-3-9(7-13)4-6-10/h3-6H,7-8,13H2,1-2H3,(H,14,15). The molecule has 0 aromatic heterocycles. The molecule has 0 saturated carbocycles. The molecule has 0 unspecified atom stereocenters. The molecule has 16 heavy (non-hydrogen) atoms. The van der Waals surface area contributed by atoms with Crippen LogP contribution in [0.5, 0.6) is 5.75 Å². The third-order valence-corrected chi connectivity index (χ3v) is 2.34. The molecule has 0 amide bonds. The van der Waals surface area contributed by atoms with Gasteiger partial charge in [-0.3, -0.25) is 4.79 Å². The molecule has 0 aliphatic carbocycles. The Morgan fingerprint density at radius 1 is 1.38 bits per heavy atom. The molecule has 0 radical (unpaired) electrons. The van der Waals surface area contributed by atoms with Crippen LogP contribution in [0, 0.1) is 5.41 Å². The monoisotopic (exact) mass is 223 g/mol. The largest absolute Gasteiger partial charge is 0.492 e. The van der Waals surface area contributed by atoms with Crippen molar-refractivity contribution in [2.24, 2.45) is 11.1 Å².